The minimum atomic E-state index is -3.60. The Labute approximate surface area is 175 Å². The summed E-state index contributed by atoms with van der Waals surface area (Å²) in [6, 6.07) is 12.1. The lowest BCUT2D eigenvalue weighted by Crippen LogP contribution is -2.29. The van der Waals surface area contributed by atoms with Gasteiger partial charge in [0, 0.05) is 25.3 Å². The van der Waals surface area contributed by atoms with Crippen molar-refractivity contribution in [2.75, 3.05) is 31.6 Å². The lowest BCUT2D eigenvalue weighted by molar-refractivity contribution is 0.401. The first kappa shape index (κ1) is 21.7. The van der Waals surface area contributed by atoms with E-state index in [9.17, 15) is 8.42 Å². The average molecular weight is 417 g/mol. The molecule has 0 unspecified atom stereocenters. The van der Waals surface area contributed by atoms with Gasteiger partial charge in [-0.2, -0.15) is 0 Å². The third-order valence-corrected chi connectivity index (χ3v) is 7.14. The minimum Gasteiger partial charge on any atom is -0.495 e. The molecule has 0 spiro atoms. The van der Waals surface area contributed by atoms with Crippen molar-refractivity contribution in [3.05, 3.63) is 53.1 Å². The van der Waals surface area contributed by atoms with Gasteiger partial charge in [0.1, 0.15) is 10.6 Å². The van der Waals surface area contributed by atoms with E-state index in [1.54, 1.807) is 12.1 Å². The van der Waals surface area contributed by atoms with Gasteiger partial charge < -0.3 is 9.64 Å². The zero-order chi connectivity index (χ0) is 20.9. The van der Waals surface area contributed by atoms with Crippen molar-refractivity contribution in [3.8, 4) is 5.75 Å². The van der Waals surface area contributed by atoms with Crippen LogP contribution in [-0.4, -0.2) is 35.2 Å². The molecular formula is C23H32N2O3S. The van der Waals surface area contributed by atoms with Gasteiger partial charge in [0.15, 0.2) is 0 Å². The zero-order valence-corrected chi connectivity index (χ0v) is 18.5. The Bertz CT molecular complexity index is 918. The lowest BCUT2D eigenvalue weighted by atomic mass is 10.1. The van der Waals surface area contributed by atoms with Crippen LogP contribution in [0.25, 0.3) is 0 Å². The summed E-state index contributed by atoms with van der Waals surface area (Å²) in [6.45, 7) is 6.53. The van der Waals surface area contributed by atoms with Crippen LogP contribution in [0.1, 0.15) is 42.4 Å². The number of piperidine rings is 1. The first-order valence-corrected chi connectivity index (χ1v) is 11.9. The van der Waals surface area contributed by atoms with Gasteiger partial charge in [-0.05, 0) is 86.9 Å². The molecule has 1 aliphatic rings. The smallest absolute Gasteiger partial charge is 0.244 e. The van der Waals surface area contributed by atoms with Crippen LogP contribution in [0.5, 0.6) is 5.75 Å². The number of aryl methyl sites for hydroxylation is 3. The number of methoxy groups -OCH3 is 1. The standard InChI is InChI=1S/C23H32N2O3S/c1-18-16-22(28-3)23(17-19(18)2)29(26,27)24-13-7-8-20-9-11-21(12-10-20)25-14-5-4-6-15-25/h9-12,16-17,24H,4-8,13-15H2,1-3H3. The second-order valence-electron chi connectivity index (χ2n) is 7.80. The number of sulfonamides is 1. The lowest BCUT2D eigenvalue weighted by Gasteiger charge is -2.28. The molecule has 6 heteroatoms. The molecule has 29 heavy (non-hydrogen) atoms. The summed E-state index contributed by atoms with van der Waals surface area (Å²) in [5, 5.41) is 0. The summed E-state index contributed by atoms with van der Waals surface area (Å²) in [4.78, 5) is 2.65. The van der Waals surface area contributed by atoms with Crippen LogP contribution in [0.3, 0.4) is 0 Å². The highest BCUT2D eigenvalue weighted by Crippen LogP contribution is 2.27. The molecule has 0 radical (unpaired) electrons. The second kappa shape index (κ2) is 9.63. The molecule has 0 amide bonds. The Hall–Kier alpha value is -2.05. The van der Waals surface area contributed by atoms with Crippen LogP contribution in [0, 0.1) is 13.8 Å². The van der Waals surface area contributed by atoms with Gasteiger partial charge in [-0.15, -0.1) is 0 Å². The van der Waals surface area contributed by atoms with Gasteiger partial charge in [0.05, 0.1) is 7.11 Å². The molecule has 2 aromatic rings. The van der Waals surface area contributed by atoms with E-state index in [-0.39, 0.29) is 4.90 Å². The van der Waals surface area contributed by atoms with E-state index >= 15 is 0 Å². The summed E-state index contributed by atoms with van der Waals surface area (Å²) < 4.78 is 33.4. The highest BCUT2D eigenvalue weighted by molar-refractivity contribution is 7.89. The van der Waals surface area contributed by atoms with Crippen molar-refractivity contribution in [3.63, 3.8) is 0 Å². The zero-order valence-electron chi connectivity index (χ0n) is 17.7. The molecule has 1 saturated heterocycles. The predicted molar refractivity (Wildman–Crippen MR) is 118 cm³/mol. The molecule has 0 atom stereocenters. The van der Waals surface area contributed by atoms with E-state index < -0.39 is 10.0 Å². The fraction of sp³-hybridized carbons (Fsp3) is 0.478. The monoisotopic (exact) mass is 416 g/mol. The molecule has 3 rings (SSSR count). The Morgan fingerprint density at radius 3 is 2.31 bits per heavy atom. The summed E-state index contributed by atoms with van der Waals surface area (Å²) in [5.41, 5.74) is 4.46. The Kier molecular flexibility index (Phi) is 7.19. The maximum Gasteiger partial charge on any atom is 0.244 e. The third-order valence-electron chi connectivity index (χ3n) is 5.66. The van der Waals surface area contributed by atoms with Gasteiger partial charge in [-0.3, -0.25) is 0 Å². The third kappa shape index (κ3) is 5.52. The highest BCUT2D eigenvalue weighted by atomic mass is 32.2. The molecule has 2 aromatic carbocycles. The van der Waals surface area contributed by atoms with Crippen LogP contribution in [-0.2, 0) is 16.4 Å². The number of nitrogens with zero attached hydrogens (tertiary/aromatic N) is 1. The van der Waals surface area contributed by atoms with Gasteiger partial charge >= 0.3 is 0 Å². The van der Waals surface area contributed by atoms with Gasteiger partial charge in [0.2, 0.25) is 10.0 Å². The quantitative estimate of drug-likeness (QED) is 0.655. The molecule has 0 bridgehead atoms. The van der Waals surface area contributed by atoms with E-state index in [0.717, 1.165) is 37.1 Å². The molecular weight excluding hydrogens is 384 g/mol. The molecule has 158 valence electrons. The van der Waals surface area contributed by atoms with Crippen molar-refractivity contribution >= 4 is 15.7 Å². The van der Waals surface area contributed by atoms with Gasteiger partial charge in [-0.1, -0.05) is 12.1 Å². The Morgan fingerprint density at radius 1 is 1.00 bits per heavy atom. The molecule has 1 aliphatic heterocycles. The fourth-order valence-electron chi connectivity index (χ4n) is 3.74. The molecule has 0 aliphatic carbocycles. The number of nitrogens with one attached hydrogen (secondary N) is 1. The molecule has 0 aromatic heterocycles. The van der Waals surface area contributed by atoms with E-state index in [0.29, 0.717) is 12.3 Å². The highest BCUT2D eigenvalue weighted by Gasteiger charge is 2.20. The van der Waals surface area contributed by atoms with E-state index in [1.165, 1.54) is 37.6 Å². The number of hydrogen-bond acceptors (Lipinski definition) is 4. The van der Waals surface area contributed by atoms with Crippen LogP contribution in [0.4, 0.5) is 5.69 Å². The largest absolute Gasteiger partial charge is 0.495 e. The summed E-state index contributed by atoms with van der Waals surface area (Å²) >= 11 is 0. The Morgan fingerprint density at radius 2 is 1.66 bits per heavy atom. The number of benzene rings is 2. The van der Waals surface area contributed by atoms with Crippen molar-refractivity contribution in [2.45, 2.75) is 50.8 Å². The van der Waals surface area contributed by atoms with Crippen molar-refractivity contribution in [1.82, 2.24) is 4.72 Å². The average Bonchev–Trinajstić information content (AvgIpc) is 2.74. The van der Waals surface area contributed by atoms with Gasteiger partial charge in [0.25, 0.3) is 0 Å². The molecule has 0 saturated carbocycles. The Balaban J connectivity index is 1.54. The summed E-state index contributed by atoms with van der Waals surface area (Å²) in [5.74, 6) is 0.383. The molecule has 5 nitrogen and oxygen atoms in total. The number of hydrogen-bond donors (Lipinski definition) is 1. The number of anilines is 1. The first-order valence-electron chi connectivity index (χ1n) is 10.4. The normalized spacial score (nSPS) is 14.8. The van der Waals surface area contributed by atoms with Crippen LogP contribution < -0.4 is 14.4 Å². The van der Waals surface area contributed by atoms with E-state index in [4.69, 9.17) is 4.74 Å². The number of ether oxygens (including phenoxy) is 1. The van der Waals surface area contributed by atoms with Crippen molar-refractivity contribution in [1.29, 1.82) is 0 Å². The van der Waals surface area contributed by atoms with Crippen molar-refractivity contribution in [2.24, 2.45) is 0 Å². The van der Waals surface area contributed by atoms with E-state index in [2.05, 4.69) is 33.9 Å². The predicted octanol–water partition coefficient (Wildman–Crippen LogP) is 4.21. The van der Waals surface area contributed by atoms with Gasteiger partial charge in [-0.25, -0.2) is 13.1 Å². The topological polar surface area (TPSA) is 58.6 Å². The molecule has 1 heterocycles. The summed E-state index contributed by atoms with van der Waals surface area (Å²) in [6.07, 6.45) is 5.46. The SMILES string of the molecule is COc1cc(C)c(C)cc1S(=O)(=O)NCCCc1ccc(N2CCCCC2)cc1. The van der Waals surface area contributed by atoms with Crippen LogP contribution in [0.2, 0.25) is 0 Å². The van der Waals surface area contributed by atoms with Crippen LogP contribution in [0.15, 0.2) is 41.3 Å². The van der Waals surface area contributed by atoms with Crippen LogP contribution >= 0.6 is 0 Å². The second-order valence-corrected chi connectivity index (χ2v) is 9.54. The number of rotatable bonds is 8. The molecule has 1 fully saturated rings. The summed E-state index contributed by atoms with van der Waals surface area (Å²) in [7, 11) is -2.10. The first-order chi connectivity index (χ1) is 13.9. The van der Waals surface area contributed by atoms with Crippen molar-refractivity contribution < 1.29 is 13.2 Å². The molecule has 1 N–H and O–H groups in total. The van der Waals surface area contributed by atoms with E-state index in [1.807, 2.05) is 13.8 Å². The maximum atomic E-state index is 12.7. The minimum absolute atomic E-state index is 0.203. The fourth-order valence-corrected chi connectivity index (χ4v) is 5.04. The maximum absolute atomic E-state index is 12.7.